The lowest BCUT2D eigenvalue weighted by Crippen LogP contribution is -2.45. The number of halogens is 2. The second kappa shape index (κ2) is 6.61. The molecule has 0 saturated heterocycles. The molecule has 0 aliphatic heterocycles. The molecule has 0 aliphatic carbocycles. The Morgan fingerprint density at radius 3 is 2.65 bits per heavy atom. The summed E-state index contributed by atoms with van der Waals surface area (Å²) >= 11 is 0. The Morgan fingerprint density at radius 2 is 2.10 bits per heavy atom. The van der Waals surface area contributed by atoms with Crippen LogP contribution >= 0.6 is 0 Å². The van der Waals surface area contributed by atoms with Crippen molar-refractivity contribution < 1.29 is 23.5 Å². The molecule has 20 heavy (non-hydrogen) atoms. The Bertz CT molecular complexity index is 569. The molecule has 0 aromatic heterocycles. The number of carbonyl (C=O) groups is 2. The lowest BCUT2D eigenvalue weighted by Gasteiger charge is -2.19. The molecule has 1 amide bonds. The van der Waals surface area contributed by atoms with Gasteiger partial charge in [0.15, 0.2) is 11.6 Å². The highest BCUT2D eigenvalue weighted by atomic mass is 19.2. The van der Waals surface area contributed by atoms with Crippen molar-refractivity contribution in [3.8, 4) is 6.07 Å². The van der Waals surface area contributed by atoms with Gasteiger partial charge in [-0.3, -0.25) is 4.79 Å². The minimum atomic E-state index is -1.36. The quantitative estimate of drug-likeness (QED) is 0.860. The molecule has 1 aromatic carbocycles. The lowest BCUT2D eigenvalue weighted by atomic mass is 9.98. The molecule has 0 radical (unpaired) electrons. The summed E-state index contributed by atoms with van der Waals surface area (Å²) in [4.78, 5) is 22.8. The first-order valence-corrected chi connectivity index (χ1v) is 5.73. The minimum absolute atomic E-state index is 0.0944. The molecule has 2 N–H and O–H groups in total. The summed E-state index contributed by atoms with van der Waals surface area (Å²) in [6.45, 7) is 1.46. The van der Waals surface area contributed by atoms with Crippen molar-refractivity contribution in [1.82, 2.24) is 5.32 Å². The second-order valence-corrected chi connectivity index (χ2v) is 4.23. The number of carboxylic acid groups (broad SMARTS) is 1. The van der Waals surface area contributed by atoms with Gasteiger partial charge >= 0.3 is 5.97 Å². The van der Waals surface area contributed by atoms with Crippen molar-refractivity contribution in [3.63, 3.8) is 0 Å². The van der Waals surface area contributed by atoms with Crippen LogP contribution in [-0.4, -0.2) is 23.0 Å². The zero-order valence-corrected chi connectivity index (χ0v) is 10.6. The van der Waals surface area contributed by atoms with Gasteiger partial charge in [0.25, 0.3) is 5.91 Å². The second-order valence-electron chi connectivity index (χ2n) is 4.23. The van der Waals surface area contributed by atoms with Crippen LogP contribution in [0.4, 0.5) is 8.78 Å². The van der Waals surface area contributed by atoms with Gasteiger partial charge in [0.1, 0.15) is 6.04 Å². The Labute approximate surface area is 113 Å². The number of nitriles is 1. The Kier molecular flexibility index (Phi) is 5.15. The minimum Gasteiger partial charge on any atom is -0.480 e. The standard InChI is InChI=1S/C13H12F2N2O3/c1-7(5-6-16)11(13(19)20)17-12(18)8-3-2-4-9(14)10(8)15/h2-4,7,11H,5H2,1H3,(H,17,18)(H,19,20)/t7-,11+/m0/s1. The molecule has 0 spiro atoms. The number of carboxylic acids is 1. The summed E-state index contributed by atoms with van der Waals surface area (Å²) in [7, 11) is 0. The van der Waals surface area contributed by atoms with Crippen LogP contribution in [0.15, 0.2) is 18.2 Å². The zero-order valence-electron chi connectivity index (χ0n) is 10.6. The molecule has 7 heteroatoms. The summed E-state index contributed by atoms with van der Waals surface area (Å²) in [5.74, 6) is -5.60. The summed E-state index contributed by atoms with van der Waals surface area (Å²) in [6.07, 6.45) is -0.0944. The first kappa shape index (κ1) is 15.6. The highest BCUT2D eigenvalue weighted by molar-refractivity contribution is 5.96. The molecular weight excluding hydrogens is 270 g/mol. The molecule has 106 valence electrons. The Hall–Kier alpha value is -2.49. The highest BCUT2D eigenvalue weighted by Gasteiger charge is 2.28. The Morgan fingerprint density at radius 1 is 1.45 bits per heavy atom. The van der Waals surface area contributed by atoms with Gasteiger partial charge in [-0.25, -0.2) is 13.6 Å². The fourth-order valence-electron chi connectivity index (χ4n) is 1.61. The zero-order chi connectivity index (χ0) is 15.3. The van der Waals surface area contributed by atoms with Crippen molar-refractivity contribution in [2.45, 2.75) is 19.4 Å². The fourth-order valence-corrected chi connectivity index (χ4v) is 1.61. The predicted octanol–water partition coefficient (Wildman–Crippen LogP) is 1.70. The third kappa shape index (κ3) is 3.51. The average Bonchev–Trinajstić information content (AvgIpc) is 2.38. The number of aliphatic carboxylic acids is 1. The molecule has 0 fully saturated rings. The van der Waals surface area contributed by atoms with E-state index in [2.05, 4.69) is 5.32 Å². The molecule has 0 bridgehead atoms. The van der Waals surface area contributed by atoms with E-state index in [-0.39, 0.29) is 6.42 Å². The molecule has 2 atom stereocenters. The van der Waals surface area contributed by atoms with Crippen molar-refractivity contribution >= 4 is 11.9 Å². The highest BCUT2D eigenvalue weighted by Crippen LogP contribution is 2.13. The maximum absolute atomic E-state index is 13.4. The third-order valence-corrected chi connectivity index (χ3v) is 2.73. The van der Waals surface area contributed by atoms with E-state index in [9.17, 15) is 18.4 Å². The fraction of sp³-hybridized carbons (Fsp3) is 0.308. The molecule has 0 heterocycles. The SMILES string of the molecule is C[C@@H](CC#N)[C@@H](NC(=O)c1cccc(F)c1F)C(=O)O. The van der Waals surface area contributed by atoms with E-state index in [4.69, 9.17) is 10.4 Å². The molecule has 0 aliphatic rings. The van der Waals surface area contributed by atoms with Gasteiger partial charge in [0.05, 0.1) is 11.6 Å². The third-order valence-electron chi connectivity index (χ3n) is 2.73. The van der Waals surface area contributed by atoms with Crippen LogP contribution in [-0.2, 0) is 4.79 Å². The van der Waals surface area contributed by atoms with Crippen molar-refractivity contribution in [2.24, 2.45) is 5.92 Å². The van der Waals surface area contributed by atoms with E-state index < -0.39 is 41.0 Å². The monoisotopic (exact) mass is 282 g/mol. The molecule has 1 aromatic rings. The number of rotatable bonds is 5. The topological polar surface area (TPSA) is 90.2 Å². The predicted molar refractivity (Wildman–Crippen MR) is 64.6 cm³/mol. The van der Waals surface area contributed by atoms with Gasteiger partial charge in [-0.05, 0) is 12.1 Å². The first-order chi connectivity index (χ1) is 9.38. The first-order valence-electron chi connectivity index (χ1n) is 5.73. The van der Waals surface area contributed by atoms with Crippen molar-refractivity contribution in [1.29, 1.82) is 5.26 Å². The number of amides is 1. The normalized spacial score (nSPS) is 13.1. The van der Waals surface area contributed by atoms with Crippen LogP contribution < -0.4 is 5.32 Å². The van der Waals surface area contributed by atoms with E-state index in [0.717, 1.165) is 18.2 Å². The van der Waals surface area contributed by atoms with Gasteiger partial charge in [0.2, 0.25) is 0 Å². The van der Waals surface area contributed by atoms with Crippen LogP contribution in [0.5, 0.6) is 0 Å². The maximum Gasteiger partial charge on any atom is 0.326 e. The summed E-state index contributed by atoms with van der Waals surface area (Å²) in [5, 5.41) is 19.6. The lowest BCUT2D eigenvalue weighted by molar-refractivity contribution is -0.140. The molecule has 1 rings (SSSR count). The van der Waals surface area contributed by atoms with Crippen LogP contribution in [0.3, 0.4) is 0 Å². The van der Waals surface area contributed by atoms with Gasteiger partial charge in [-0.1, -0.05) is 13.0 Å². The molecule has 0 unspecified atom stereocenters. The van der Waals surface area contributed by atoms with Gasteiger partial charge in [-0.2, -0.15) is 5.26 Å². The average molecular weight is 282 g/mol. The van der Waals surface area contributed by atoms with Crippen LogP contribution in [0.25, 0.3) is 0 Å². The van der Waals surface area contributed by atoms with E-state index in [0.29, 0.717) is 0 Å². The molecular formula is C13H12F2N2O3. The van der Waals surface area contributed by atoms with Crippen LogP contribution in [0, 0.1) is 28.9 Å². The number of nitrogens with one attached hydrogen (secondary N) is 1. The van der Waals surface area contributed by atoms with E-state index in [1.807, 2.05) is 0 Å². The summed E-state index contributed by atoms with van der Waals surface area (Å²) in [6, 6.07) is 3.46. The van der Waals surface area contributed by atoms with E-state index in [1.54, 1.807) is 6.07 Å². The summed E-state index contributed by atoms with van der Waals surface area (Å²) in [5.41, 5.74) is -0.583. The van der Waals surface area contributed by atoms with Crippen molar-refractivity contribution in [2.75, 3.05) is 0 Å². The Balaban J connectivity index is 2.95. The van der Waals surface area contributed by atoms with Crippen LogP contribution in [0.2, 0.25) is 0 Å². The van der Waals surface area contributed by atoms with E-state index >= 15 is 0 Å². The summed E-state index contributed by atoms with van der Waals surface area (Å²) < 4.78 is 26.4. The largest absolute Gasteiger partial charge is 0.480 e. The van der Waals surface area contributed by atoms with E-state index in [1.165, 1.54) is 6.92 Å². The van der Waals surface area contributed by atoms with Gasteiger partial charge < -0.3 is 10.4 Å². The van der Waals surface area contributed by atoms with Gasteiger partial charge in [-0.15, -0.1) is 0 Å². The maximum atomic E-state index is 13.4. The number of nitrogens with zero attached hydrogens (tertiary/aromatic N) is 1. The van der Waals surface area contributed by atoms with Crippen LogP contribution in [0.1, 0.15) is 23.7 Å². The molecule has 5 nitrogen and oxygen atoms in total. The number of hydrogen-bond donors (Lipinski definition) is 2. The van der Waals surface area contributed by atoms with Crippen molar-refractivity contribution in [3.05, 3.63) is 35.4 Å². The smallest absolute Gasteiger partial charge is 0.326 e. The number of hydrogen-bond acceptors (Lipinski definition) is 3. The van der Waals surface area contributed by atoms with Gasteiger partial charge in [0, 0.05) is 12.3 Å². The number of carbonyl (C=O) groups excluding carboxylic acids is 1. The molecule has 0 saturated carbocycles. The number of benzene rings is 1.